The minimum atomic E-state index is -2.03. The Kier molecular flexibility index (Phi) is 28.0. The zero-order valence-corrected chi connectivity index (χ0v) is 59.4. The van der Waals surface area contributed by atoms with Crippen LogP contribution in [0.4, 0.5) is 0 Å². The summed E-state index contributed by atoms with van der Waals surface area (Å²) in [5.41, 5.74) is 1.54. The Labute approximate surface area is 611 Å². The molecule has 0 aliphatic carbocycles. The van der Waals surface area contributed by atoms with Gasteiger partial charge < -0.3 is 94.8 Å². The summed E-state index contributed by atoms with van der Waals surface area (Å²) in [6, 6.07) is 48.4. The largest absolute Gasteiger partial charge is 0.497 e. The second-order valence-electron chi connectivity index (χ2n) is 25.2. The molecule has 0 amide bonds. The molecule has 19 atom stereocenters. The van der Waals surface area contributed by atoms with Crippen molar-refractivity contribution in [3.05, 3.63) is 204 Å². The fourth-order valence-electron chi connectivity index (χ4n) is 12.3. The highest BCUT2D eigenvalue weighted by atomic mass is 16.8. The summed E-state index contributed by atoms with van der Waals surface area (Å²) < 4.78 is 123. The number of hydrogen-bond acceptors (Lipinski definition) is 28. The molecule has 106 heavy (non-hydrogen) atoms. The van der Waals surface area contributed by atoms with Crippen molar-refractivity contribution in [2.45, 2.75) is 191 Å². The number of Topliss-reactive ketones (excluding diaryl/α,β-unsaturated/α-hetero) is 1. The predicted octanol–water partition coefficient (Wildman–Crippen LogP) is 8.29. The SMILES string of the molecule is COc1ccc(O[C@@H]2O[C@H](C)[C@@H](OCc3ccccc3)[C@H](O[C@@H]3OC[C@@H](O[C@@H]4O[C@H](COC(C)=O)[C@H](OC(C)=O)[C@H](OC(C)=O)[C@H]4OC(=O)CCC(C)=O)[C@H](OC(C)=O)[C@H]3O[C@@H]3O[C@H](C)[C@@H](OC(=O)c4ccccc4)[C@H](OC(=O)c4ccccc4)[C@H]3OC(=O)c3ccccc3)[C@H]2OCc2ccccc2)cc1. The van der Waals surface area contributed by atoms with Gasteiger partial charge in [-0.1, -0.05) is 115 Å². The van der Waals surface area contributed by atoms with Gasteiger partial charge in [0, 0.05) is 34.1 Å². The van der Waals surface area contributed by atoms with E-state index in [1.165, 1.54) is 57.4 Å². The lowest BCUT2D eigenvalue weighted by molar-refractivity contribution is -0.389. The molecule has 6 aromatic carbocycles. The Morgan fingerprint density at radius 1 is 0.377 bits per heavy atom. The van der Waals surface area contributed by atoms with Crippen LogP contribution in [0.25, 0.3) is 0 Å². The van der Waals surface area contributed by atoms with E-state index in [2.05, 4.69) is 0 Å². The number of methoxy groups -OCH3 is 1. The van der Waals surface area contributed by atoms with Gasteiger partial charge >= 0.3 is 47.8 Å². The highest BCUT2D eigenvalue weighted by molar-refractivity contribution is 5.91. The molecule has 28 nitrogen and oxygen atoms in total. The minimum absolute atomic E-state index is 0.0125. The maximum Gasteiger partial charge on any atom is 0.338 e. The van der Waals surface area contributed by atoms with Gasteiger partial charge in [-0.25, -0.2) is 14.4 Å². The third kappa shape index (κ3) is 21.4. The van der Waals surface area contributed by atoms with Gasteiger partial charge in [0.2, 0.25) is 6.29 Å². The summed E-state index contributed by atoms with van der Waals surface area (Å²) in [5.74, 6) is -7.27. The van der Waals surface area contributed by atoms with Crippen molar-refractivity contribution >= 4 is 53.5 Å². The second kappa shape index (κ2) is 37.8. The summed E-state index contributed by atoms with van der Waals surface area (Å²) in [6.45, 7) is 7.13. The van der Waals surface area contributed by atoms with E-state index >= 15 is 0 Å². The first-order valence-corrected chi connectivity index (χ1v) is 34.4. The van der Waals surface area contributed by atoms with Gasteiger partial charge in [-0.05, 0) is 92.6 Å². The predicted molar refractivity (Wildman–Crippen MR) is 365 cm³/mol. The van der Waals surface area contributed by atoms with Crippen LogP contribution in [0, 0.1) is 0 Å². The smallest absolute Gasteiger partial charge is 0.338 e. The number of carbonyl (C=O) groups is 9. The number of carbonyl (C=O) groups excluding carboxylic acids is 9. The Balaban J connectivity index is 1.14. The van der Waals surface area contributed by atoms with E-state index < -0.39 is 190 Å². The van der Waals surface area contributed by atoms with Crippen LogP contribution in [0.2, 0.25) is 0 Å². The maximum absolute atomic E-state index is 14.9. The van der Waals surface area contributed by atoms with Crippen LogP contribution in [0.15, 0.2) is 176 Å². The molecule has 0 spiro atoms. The first-order valence-electron chi connectivity index (χ1n) is 34.4. The zero-order valence-electron chi connectivity index (χ0n) is 59.4. The molecule has 0 aromatic heterocycles. The molecule has 4 aliphatic rings. The zero-order chi connectivity index (χ0) is 75.4. The Morgan fingerprint density at radius 2 is 0.811 bits per heavy atom. The third-order valence-electron chi connectivity index (χ3n) is 17.3. The normalized spacial score (nSPS) is 27.7. The first-order chi connectivity index (χ1) is 51.1. The molecule has 4 aliphatic heterocycles. The van der Waals surface area contributed by atoms with E-state index in [0.717, 1.165) is 33.3 Å². The van der Waals surface area contributed by atoms with E-state index in [9.17, 15) is 43.2 Å². The summed E-state index contributed by atoms with van der Waals surface area (Å²) in [6.07, 6.45) is -32.4. The second-order valence-corrected chi connectivity index (χ2v) is 25.2. The van der Waals surface area contributed by atoms with Crippen LogP contribution in [0.1, 0.15) is 104 Å². The lowest BCUT2D eigenvalue weighted by Crippen LogP contribution is -2.68. The van der Waals surface area contributed by atoms with E-state index in [-0.39, 0.29) is 36.3 Å². The molecule has 0 saturated carbocycles. The summed E-state index contributed by atoms with van der Waals surface area (Å²) in [4.78, 5) is 123. The summed E-state index contributed by atoms with van der Waals surface area (Å²) in [7, 11) is 1.51. The molecule has 0 bridgehead atoms. The van der Waals surface area contributed by atoms with Crippen molar-refractivity contribution in [1.82, 2.24) is 0 Å². The van der Waals surface area contributed by atoms with E-state index in [1.807, 2.05) is 60.7 Å². The molecule has 10 rings (SSSR count). The molecule has 6 aromatic rings. The average molecular weight is 1470 g/mol. The molecule has 4 heterocycles. The van der Waals surface area contributed by atoms with Gasteiger partial charge in [0.1, 0.15) is 54.4 Å². The number of rotatable bonds is 30. The Hall–Kier alpha value is -10.0. The van der Waals surface area contributed by atoms with Crippen LogP contribution in [-0.4, -0.2) is 191 Å². The molecule has 564 valence electrons. The van der Waals surface area contributed by atoms with E-state index in [1.54, 1.807) is 85.8 Å². The van der Waals surface area contributed by atoms with Gasteiger partial charge in [0.05, 0.1) is 62.2 Å². The number of benzene rings is 6. The number of esters is 8. The van der Waals surface area contributed by atoms with Gasteiger partial charge in [-0.2, -0.15) is 0 Å². The Morgan fingerprint density at radius 3 is 1.33 bits per heavy atom. The topological polar surface area (TPSA) is 329 Å². The maximum atomic E-state index is 14.9. The Bertz CT molecular complexity index is 3890. The van der Waals surface area contributed by atoms with Crippen LogP contribution >= 0.6 is 0 Å². The van der Waals surface area contributed by atoms with Crippen molar-refractivity contribution in [2.24, 2.45) is 0 Å². The molecule has 0 unspecified atom stereocenters. The van der Waals surface area contributed by atoms with Crippen molar-refractivity contribution in [3.8, 4) is 11.5 Å². The van der Waals surface area contributed by atoms with Crippen molar-refractivity contribution in [2.75, 3.05) is 20.3 Å². The number of ether oxygens (including phenoxy) is 19. The lowest BCUT2D eigenvalue weighted by atomic mass is 9.96. The van der Waals surface area contributed by atoms with Gasteiger partial charge in [-0.3, -0.25) is 24.0 Å². The molecule has 4 fully saturated rings. The number of hydrogen-bond donors (Lipinski definition) is 0. The molecule has 0 N–H and O–H groups in total. The highest BCUT2D eigenvalue weighted by Crippen LogP contribution is 2.40. The first kappa shape index (κ1) is 78.6. The molecular formula is C78H84O28. The van der Waals surface area contributed by atoms with Crippen LogP contribution < -0.4 is 9.47 Å². The standard InChI is InChI=1S/C78H84O28/c1-44(79)34-39-60(84)101-70-67(97-50(7)83)63(95-48(5)81)58(42-89-47(4)80)99-78(70)100-59-43-92-75(105-65-61(90-40-51-24-14-9-15-25-51)45(2)93-76(98-57-37-35-56(88-8)36-38-57)68(65)91-41-52-26-16-10-17-27-52)69(64(59)96-49(6)82)106-77-71(104-74(87)55-32-22-13-23-33-55)66(103-73(86)54-30-20-12-21-31-54)62(46(3)94-77)102-72(85)53-28-18-11-19-29-53/h9-33,35-38,45-46,58-59,61-71,75-78H,34,39-43H2,1-8H3/t45-,46-,58-,59-,61-,62-,63+,64+,65+,66+,67+,68-,69-,70-,71-,75+,76+,77+,78+/m1/s1. The van der Waals surface area contributed by atoms with Crippen LogP contribution in [0.5, 0.6) is 11.5 Å². The lowest BCUT2D eigenvalue weighted by Gasteiger charge is -2.50. The van der Waals surface area contributed by atoms with Crippen LogP contribution in [-0.2, 0) is 123 Å². The summed E-state index contributed by atoms with van der Waals surface area (Å²) >= 11 is 0. The van der Waals surface area contributed by atoms with Crippen molar-refractivity contribution < 1.29 is 133 Å². The average Bonchev–Trinajstić information content (AvgIpc) is 0.766. The molecule has 28 heteroatoms. The van der Waals surface area contributed by atoms with Crippen molar-refractivity contribution in [1.29, 1.82) is 0 Å². The molecule has 0 radical (unpaired) electrons. The minimum Gasteiger partial charge on any atom is -0.497 e. The quantitative estimate of drug-likeness (QED) is 0.0302. The molecule has 4 saturated heterocycles. The van der Waals surface area contributed by atoms with E-state index in [4.69, 9.17) is 90.0 Å². The fraction of sp³-hybridized carbons (Fsp3) is 0.423. The van der Waals surface area contributed by atoms with Gasteiger partial charge in [-0.15, -0.1) is 0 Å². The van der Waals surface area contributed by atoms with Gasteiger partial charge in [0.15, 0.2) is 67.7 Å². The fourth-order valence-corrected chi connectivity index (χ4v) is 12.3. The van der Waals surface area contributed by atoms with E-state index in [0.29, 0.717) is 17.1 Å². The number of ketones is 1. The highest BCUT2D eigenvalue weighted by Gasteiger charge is 2.60. The van der Waals surface area contributed by atoms with Crippen LogP contribution in [0.3, 0.4) is 0 Å². The third-order valence-corrected chi connectivity index (χ3v) is 17.3. The van der Waals surface area contributed by atoms with Gasteiger partial charge in [0.25, 0.3) is 0 Å². The van der Waals surface area contributed by atoms with Crippen molar-refractivity contribution in [3.63, 3.8) is 0 Å². The molecular weight excluding hydrogens is 1380 g/mol. The monoisotopic (exact) mass is 1470 g/mol. The summed E-state index contributed by atoms with van der Waals surface area (Å²) in [5, 5.41) is 0.